The lowest BCUT2D eigenvalue weighted by atomic mass is 9.73. The predicted octanol–water partition coefficient (Wildman–Crippen LogP) is 4.60. The van der Waals surface area contributed by atoms with Crippen molar-refractivity contribution in [3.63, 3.8) is 0 Å². The predicted molar refractivity (Wildman–Crippen MR) is 127 cm³/mol. The first-order valence-electron chi connectivity index (χ1n) is 11.1. The Balaban J connectivity index is 1.31. The lowest BCUT2D eigenvalue weighted by molar-refractivity contribution is 0.187. The van der Waals surface area contributed by atoms with Crippen LogP contribution in [0.2, 0.25) is 5.02 Å². The van der Waals surface area contributed by atoms with Crippen LogP contribution in [0.4, 0.5) is 5.82 Å². The van der Waals surface area contributed by atoms with Gasteiger partial charge in [-0.2, -0.15) is 0 Å². The van der Waals surface area contributed by atoms with Crippen LogP contribution in [-0.4, -0.2) is 32.4 Å². The molecule has 2 aliphatic rings. The molecule has 0 amide bonds. The summed E-state index contributed by atoms with van der Waals surface area (Å²) in [6.45, 7) is 3.86. The Hall–Kier alpha value is -2.96. The van der Waals surface area contributed by atoms with Crippen LogP contribution in [-0.2, 0) is 6.42 Å². The Kier molecular flexibility index (Phi) is 4.49. The summed E-state index contributed by atoms with van der Waals surface area (Å²) in [6.07, 6.45) is 12.7. The van der Waals surface area contributed by atoms with E-state index in [1.807, 2.05) is 56.1 Å². The van der Waals surface area contributed by atoms with Gasteiger partial charge in [0.2, 0.25) is 0 Å². The number of nitrogens with zero attached hydrogens (tertiary/aromatic N) is 5. The molecule has 7 heteroatoms. The third-order valence-corrected chi connectivity index (χ3v) is 7.91. The van der Waals surface area contributed by atoms with Crippen LogP contribution < -0.4 is 10.6 Å². The Labute approximate surface area is 192 Å². The molecule has 1 fully saturated rings. The van der Waals surface area contributed by atoms with Gasteiger partial charge in [0.15, 0.2) is 5.82 Å². The highest BCUT2D eigenvalue weighted by atomic mass is 35.5. The highest BCUT2D eigenvalue weighted by Crippen LogP contribution is 2.50. The van der Waals surface area contributed by atoms with E-state index in [9.17, 15) is 0 Å². The summed E-state index contributed by atoms with van der Waals surface area (Å²) in [6, 6.07) is 8.22. The number of pyridine rings is 1. The Morgan fingerprint density at radius 3 is 2.75 bits per heavy atom. The van der Waals surface area contributed by atoms with Crippen LogP contribution >= 0.6 is 11.6 Å². The number of fused-ring (bicyclic) bond motifs is 2. The fourth-order valence-corrected chi connectivity index (χ4v) is 5.75. The summed E-state index contributed by atoms with van der Waals surface area (Å²) in [4.78, 5) is 16.1. The first kappa shape index (κ1) is 19.7. The van der Waals surface area contributed by atoms with Crippen LogP contribution in [0.5, 0.6) is 0 Å². The van der Waals surface area contributed by atoms with E-state index in [1.165, 1.54) is 11.1 Å². The van der Waals surface area contributed by atoms with Crippen molar-refractivity contribution in [2.45, 2.75) is 32.2 Å². The molecule has 32 heavy (non-hydrogen) atoms. The van der Waals surface area contributed by atoms with Gasteiger partial charge in [0.25, 0.3) is 0 Å². The van der Waals surface area contributed by atoms with Crippen molar-refractivity contribution in [2.75, 3.05) is 18.0 Å². The largest absolute Gasteiger partial charge is 0.355 e. The molecule has 0 saturated carbocycles. The topological polar surface area (TPSA) is 72.3 Å². The zero-order valence-electron chi connectivity index (χ0n) is 18.0. The highest BCUT2D eigenvalue weighted by molar-refractivity contribution is 6.34. The molecule has 1 aliphatic heterocycles. The molecule has 6 nitrogen and oxygen atoms in total. The minimum atomic E-state index is 0.0800. The Morgan fingerprint density at radius 1 is 1.09 bits per heavy atom. The number of hydrogen-bond donors (Lipinski definition) is 1. The van der Waals surface area contributed by atoms with Gasteiger partial charge in [-0.3, -0.25) is 9.38 Å². The van der Waals surface area contributed by atoms with E-state index in [0.29, 0.717) is 0 Å². The summed E-state index contributed by atoms with van der Waals surface area (Å²) in [5, 5.41) is 0.738. The minimum Gasteiger partial charge on any atom is -0.355 e. The van der Waals surface area contributed by atoms with Crippen molar-refractivity contribution >= 4 is 22.9 Å². The number of imidazole rings is 1. The van der Waals surface area contributed by atoms with Gasteiger partial charge in [-0.25, -0.2) is 9.97 Å². The molecule has 1 aliphatic carbocycles. The monoisotopic (exact) mass is 444 g/mol. The molecule has 0 bridgehead atoms. The fraction of sp³-hybridized carbons (Fsp3) is 0.320. The van der Waals surface area contributed by atoms with Crippen molar-refractivity contribution in [1.29, 1.82) is 0 Å². The number of aromatic nitrogens is 4. The number of nitrogens with two attached hydrogens (primary N) is 1. The third-order valence-electron chi connectivity index (χ3n) is 7.41. The first-order chi connectivity index (χ1) is 15.6. The van der Waals surface area contributed by atoms with E-state index in [2.05, 4.69) is 20.4 Å². The number of benzene rings is 1. The normalized spacial score (nSPS) is 19.6. The number of rotatable bonds is 2. The van der Waals surface area contributed by atoms with E-state index in [4.69, 9.17) is 27.3 Å². The van der Waals surface area contributed by atoms with E-state index in [0.717, 1.165) is 65.7 Å². The Bertz CT molecular complexity index is 1320. The molecule has 0 radical (unpaired) electrons. The molecule has 162 valence electrons. The van der Waals surface area contributed by atoms with Crippen LogP contribution in [0.15, 0.2) is 55.2 Å². The van der Waals surface area contributed by atoms with Crippen LogP contribution in [0.25, 0.3) is 16.9 Å². The van der Waals surface area contributed by atoms with E-state index in [1.54, 1.807) is 0 Å². The molecule has 2 N–H and O–H groups in total. The van der Waals surface area contributed by atoms with Crippen LogP contribution in [0.1, 0.15) is 35.6 Å². The average molecular weight is 445 g/mol. The molecule has 4 heterocycles. The number of anilines is 1. The van der Waals surface area contributed by atoms with E-state index in [-0.39, 0.29) is 11.5 Å². The minimum absolute atomic E-state index is 0.0800. The molecule has 3 aromatic heterocycles. The second-order valence-corrected chi connectivity index (χ2v) is 9.48. The molecule has 4 aromatic rings. The highest BCUT2D eigenvalue weighted by Gasteiger charge is 2.46. The lowest BCUT2D eigenvalue weighted by Gasteiger charge is -2.42. The van der Waals surface area contributed by atoms with Gasteiger partial charge in [0.05, 0.1) is 11.2 Å². The van der Waals surface area contributed by atoms with Gasteiger partial charge in [-0.05, 0) is 60.4 Å². The standard InChI is InChI=1S/C25H25ClN6/c1-16-3-2-4-19(21(16)26)23-30-15-20-24(29-9-12-32(20)23)31-10-6-25(7-11-31)13-17-14-28-8-5-18(17)22(25)27/h2-5,8-9,12,14-15,22H,6-7,10-11,13,27H2,1H3. The lowest BCUT2D eigenvalue weighted by Crippen LogP contribution is -2.44. The molecule has 6 rings (SSSR count). The van der Waals surface area contributed by atoms with Gasteiger partial charge in [-0.1, -0.05) is 23.7 Å². The number of aryl methyl sites for hydroxylation is 1. The number of hydrogen-bond acceptors (Lipinski definition) is 5. The van der Waals surface area contributed by atoms with Gasteiger partial charge in [0, 0.05) is 49.5 Å². The smallest absolute Gasteiger partial charge is 0.154 e. The van der Waals surface area contributed by atoms with Crippen LogP contribution in [0.3, 0.4) is 0 Å². The molecular weight excluding hydrogens is 420 g/mol. The summed E-state index contributed by atoms with van der Waals surface area (Å²) >= 11 is 6.60. The molecule has 1 atom stereocenters. The number of halogens is 1. The van der Waals surface area contributed by atoms with Crippen molar-refractivity contribution in [3.8, 4) is 11.4 Å². The third kappa shape index (κ3) is 2.86. The zero-order valence-corrected chi connectivity index (χ0v) is 18.8. The number of piperidine rings is 1. The van der Waals surface area contributed by atoms with Crippen molar-refractivity contribution in [2.24, 2.45) is 11.1 Å². The quantitative estimate of drug-likeness (QED) is 0.489. The van der Waals surface area contributed by atoms with E-state index < -0.39 is 0 Å². The average Bonchev–Trinajstić information content (AvgIpc) is 3.36. The molecule has 1 aromatic carbocycles. The summed E-state index contributed by atoms with van der Waals surface area (Å²) in [5.74, 6) is 1.81. The van der Waals surface area contributed by atoms with Crippen molar-refractivity contribution in [3.05, 3.63) is 77.0 Å². The van der Waals surface area contributed by atoms with Gasteiger partial charge < -0.3 is 10.6 Å². The summed E-state index contributed by atoms with van der Waals surface area (Å²) in [7, 11) is 0. The molecule has 1 spiro atoms. The van der Waals surface area contributed by atoms with Crippen molar-refractivity contribution in [1.82, 2.24) is 19.4 Å². The van der Waals surface area contributed by atoms with Crippen molar-refractivity contribution < 1.29 is 0 Å². The van der Waals surface area contributed by atoms with Gasteiger partial charge in [-0.15, -0.1) is 0 Å². The summed E-state index contributed by atoms with van der Waals surface area (Å²) < 4.78 is 2.09. The van der Waals surface area contributed by atoms with Crippen LogP contribution in [0, 0.1) is 12.3 Å². The molecular formula is C25H25ClN6. The Morgan fingerprint density at radius 2 is 1.94 bits per heavy atom. The summed E-state index contributed by atoms with van der Waals surface area (Å²) in [5.41, 5.74) is 12.4. The zero-order chi connectivity index (χ0) is 21.9. The fourth-order valence-electron chi connectivity index (χ4n) is 5.54. The second-order valence-electron chi connectivity index (χ2n) is 9.10. The van der Waals surface area contributed by atoms with E-state index >= 15 is 0 Å². The van der Waals surface area contributed by atoms with Gasteiger partial charge >= 0.3 is 0 Å². The molecule has 1 saturated heterocycles. The van der Waals surface area contributed by atoms with Gasteiger partial charge in [0.1, 0.15) is 11.3 Å². The molecule has 1 unspecified atom stereocenters. The SMILES string of the molecule is Cc1cccc(-c2ncc3c(N4CCC5(CC4)Cc4cnccc4C5N)nccn23)c1Cl. The second kappa shape index (κ2) is 7.29. The maximum absolute atomic E-state index is 6.74. The maximum atomic E-state index is 6.74. The first-order valence-corrected chi connectivity index (χ1v) is 11.5. The maximum Gasteiger partial charge on any atom is 0.154 e.